The van der Waals surface area contributed by atoms with Gasteiger partial charge in [-0.2, -0.15) is 4.31 Å². The smallest absolute Gasteiger partial charge is 0.326 e. The third kappa shape index (κ3) is 7.88. The summed E-state index contributed by atoms with van der Waals surface area (Å²) in [7, 11) is -3.72. The first-order valence-corrected chi connectivity index (χ1v) is 13.3. The van der Waals surface area contributed by atoms with Gasteiger partial charge in [0.15, 0.2) is 0 Å². The van der Waals surface area contributed by atoms with Gasteiger partial charge >= 0.3 is 11.9 Å². The second kappa shape index (κ2) is 12.0. The van der Waals surface area contributed by atoms with E-state index in [1.54, 1.807) is 60.7 Å². The van der Waals surface area contributed by atoms with Crippen molar-refractivity contribution < 1.29 is 33.0 Å². The van der Waals surface area contributed by atoms with Gasteiger partial charge in [-0.05, 0) is 40.5 Å². The predicted molar refractivity (Wildman–Crippen MR) is 139 cm³/mol. The molecule has 0 saturated carbocycles. The molecule has 1 unspecified atom stereocenters. The highest BCUT2D eigenvalue weighted by molar-refractivity contribution is 7.88. The first-order chi connectivity index (χ1) is 17.4. The zero-order valence-corrected chi connectivity index (χ0v) is 21.4. The molecule has 3 N–H and O–H groups in total. The van der Waals surface area contributed by atoms with E-state index in [1.165, 1.54) is 6.07 Å². The van der Waals surface area contributed by atoms with Crippen LogP contribution < -0.4 is 5.32 Å². The summed E-state index contributed by atoms with van der Waals surface area (Å²) >= 11 is 6.03. The third-order valence-electron chi connectivity index (χ3n) is 5.52. The average Bonchev–Trinajstić information content (AvgIpc) is 2.83. The second-order valence-corrected chi connectivity index (χ2v) is 10.8. The minimum absolute atomic E-state index is 0.0460. The molecule has 37 heavy (non-hydrogen) atoms. The van der Waals surface area contributed by atoms with Crippen molar-refractivity contribution in [1.29, 1.82) is 0 Å². The van der Waals surface area contributed by atoms with Crippen molar-refractivity contribution in [1.82, 2.24) is 9.62 Å². The van der Waals surface area contributed by atoms with Crippen LogP contribution in [0.25, 0.3) is 11.1 Å². The highest BCUT2D eigenvalue weighted by Gasteiger charge is 2.23. The first-order valence-electron chi connectivity index (χ1n) is 11.1. The first kappa shape index (κ1) is 27.9. The molecule has 0 fully saturated rings. The number of sulfonamides is 1. The van der Waals surface area contributed by atoms with Gasteiger partial charge in [0.1, 0.15) is 12.6 Å². The van der Waals surface area contributed by atoms with E-state index in [0.717, 1.165) is 21.7 Å². The van der Waals surface area contributed by atoms with Crippen LogP contribution in [0.2, 0.25) is 5.02 Å². The topological polar surface area (TPSA) is 141 Å². The zero-order valence-electron chi connectivity index (χ0n) is 19.8. The number of nitrogens with zero attached hydrogens (tertiary/aromatic N) is 1. The quantitative estimate of drug-likeness (QED) is 0.336. The standard InChI is InChI=1S/C26H25ClN2O7S/c1-37(35,36)29(16-24(30)31)15-18-5-4-6-20(13-18)19-11-9-17(10-12-19)14-23(26(33)34)28-25(32)21-7-2-3-8-22(21)27/h2-13,23H,14-16H2,1H3,(H,28,32)(H,30,31)(H,33,34). The van der Waals surface area contributed by atoms with Gasteiger partial charge in [0.25, 0.3) is 5.91 Å². The lowest BCUT2D eigenvalue weighted by atomic mass is 9.99. The number of benzene rings is 3. The maximum atomic E-state index is 12.5. The molecule has 3 aromatic rings. The summed E-state index contributed by atoms with van der Waals surface area (Å²) in [4.78, 5) is 35.3. The van der Waals surface area contributed by atoms with Gasteiger partial charge in [-0.25, -0.2) is 13.2 Å². The van der Waals surface area contributed by atoms with Gasteiger partial charge in [-0.15, -0.1) is 0 Å². The van der Waals surface area contributed by atoms with Crippen LogP contribution in [0, 0.1) is 0 Å². The monoisotopic (exact) mass is 544 g/mol. The number of hydrogen-bond donors (Lipinski definition) is 3. The molecule has 1 amide bonds. The number of amides is 1. The third-order valence-corrected chi connectivity index (χ3v) is 7.04. The molecule has 194 valence electrons. The van der Waals surface area contributed by atoms with E-state index >= 15 is 0 Å². The van der Waals surface area contributed by atoms with Crippen molar-refractivity contribution in [3.63, 3.8) is 0 Å². The Morgan fingerprint density at radius 1 is 0.919 bits per heavy atom. The van der Waals surface area contributed by atoms with Crippen molar-refractivity contribution in [3.8, 4) is 11.1 Å². The molecule has 0 aliphatic heterocycles. The molecule has 9 nitrogen and oxygen atoms in total. The van der Waals surface area contributed by atoms with E-state index in [1.807, 2.05) is 6.07 Å². The molecule has 0 aliphatic carbocycles. The summed E-state index contributed by atoms with van der Waals surface area (Å²) in [6.07, 6.45) is 1.00. The van der Waals surface area contributed by atoms with E-state index in [2.05, 4.69) is 5.32 Å². The molecule has 1 atom stereocenters. The molecule has 0 bridgehead atoms. The number of aliphatic carboxylic acids is 2. The minimum atomic E-state index is -3.72. The van der Waals surface area contributed by atoms with Gasteiger partial charge in [0, 0.05) is 13.0 Å². The maximum Gasteiger partial charge on any atom is 0.326 e. The summed E-state index contributed by atoms with van der Waals surface area (Å²) in [6, 6.07) is 19.3. The number of carbonyl (C=O) groups is 3. The molecule has 0 spiro atoms. The minimum Gasteiger partial charge on any atom is -0.480 e. The molecule has 0 saturated heterocycles. The second-order valence-electron chi connectivity index (χ2n) is 8.37. The van der Waals surface area contributed by atoms with Crippen molar-refractivity contribution in [2.75, 3.05) is 12.8 Å². The van der Waals surface area contributed by atoms with Crippen molar-refractivity contribution >= 4 is 39.5 Å². The lowest BCUT2D eigenvalue weighted by Gasteiger charge is -2.18. The van der Waals surface area contributed by atoms with E-state index in [4.69, 9.17) is 16.7 Å². The summed E-state index contributed by atoms with van der Waals surface area (Å²) in [5, 5.41) is 21.4. The Kier molecular flexibility index (Phi) is 9.04. The van der Waals surface area contributed by atoms with Crippen LogP contribution in [0.5, 0.6) is 0 Å². The van der Waals surface area contributed by atoms with Crippen LogP contribution in [0.3, 0.4) is 0 Å². The number of carboxylic acids is 2. The number of carboxylic acid groups (broad SMARTS) is 2. The molecular formula is C26H25ClN2O7S. The molecule has 3 aromatic carbocycles. The van der Waals surface area contributed by atoms with Gasteiger partial charge in [-0.3, -0.25) is 9.59 Å². The van der Waals surface area contributed by atoms with Gasteiger partial charge in [-0.1, -0.05) is 66.2 Å². The van der Waals surface area contributed by atoms with Gasteiger partial charge in [0.2, 0.25) is 10.0 Å². The summed E-state index contributed by atoms with van der Waals surface area (Å²) < 4.78 is 24.8. The van der Waals surface area contributed by atoms with Crippen LogP contribution >= 0.6 is 11.6 Å². The van der Waals surface area contributed by atoms with Gasteiger partial charge in [0.05, 0.1) is 16.8 Å². The number of hydrogen-bond acceptors (Lipinski definition) is 5. The summed E-state index contributed by atoms with van der Waals surface area (Å²) in [5.74, 6) is -3.02. The Labute approximate surface area is 219 Å². The predicted octanol–water partition coefficient (Wildman–Crippen LogP) is 3.28. The summed E-state index contributed by atoms with van der Waals surface area (Å²) in [5.41, 5.74) is 3.04. The number of rotatable bonds is 11. The Bertz CT molecular complexity index is 1410. The van der Waals surface area contributed by atoms with Crippen LogP contribution in [0.15, 0.2) is 72.8 Å². The normalized spacial score (nSPS) is 12.2. The van der Waals surface area contributed by atoms with Crippen LogP contribution in [0.1, 0.15) is 21.5 Å². The Balaban J connectivity index is 1.74. The molecule has 0 aromatic heterocycles. The highest BCUT2D eigenvalue weighted by Crippen LogP contribution is 2.23. The van der Waals surface area contributed by atoms with Crippen LogP contribution in [0.4, 0.5) is 0 Å². The highest BCUT2D eigenvalue weighted by atomic mass is 35.5. The summed E-state index contributed by atoms with van der Waals surface area (Å²) in [6.45, 7) is -0.738. The van der Waals surface area contributed by atoms with Crippen LogP contribution in [-0.2, 0) is 32.6 Å². The zero-order chi connectivity index (χ0) is 27.2. The fraction of sp³-hybridized carbons (Fsp3) is 0.192. The van der Waals surface area contributed by atoms with E-state index in [0.29, 0.717) is 11.1 Å². The number of carbonyl (C=O) groups excluding carboxylic acids is 1. The largest absolute Gasteiger partial charge is 0.480 e. The number of halogens is 1. The Morgan fingerprint density at radius 2 is 1.59 bits per heavy atom. The Morgan fingerprint density at radius 3 is 2.19 bits per heavy atom. The maximum absolute atomic E-state index is 12.5. The molecule has 0 radical (unpaired) electrons. The fourth-order valence-corrected chi connectivity index (χ4v) is 4.59. The van der Waals surface area contributed by atoms with Crippen LogP contribution in [-0.4, -0.2) is 59.6 Å². The molecular weight excluding hydrogens is 520 g/mol. The molecule has 11 heteroatoms. The number of nitrogens with one attached hydrogen (secondary N) is 1. The lowest BCUT2D eigenvalue weighted by molar-refractivity contribution is -0.139. The van der Waals surface area contributed by atoms with Crippen molar-refractivity contribution in [2.45, 2.75) is 19.0 Å². The average molecular weight is 545 g/mol. The molecule has 0 heterocycles. The van der Waals surface area contributed by atoms with E-state index < -0.39 is 40.5 Å². The van der Waals surface area contributed by atoms with E-state index in [-0.39, 0.29) is 23.6 Å². The Hall–Kier alpha value is -3.73. The van der Waals surface area contributed by atoms with Crippen molar-refractivity contribution in [2.24, 2.45) is 0 Å². The van der Waals surface area contributed by atoms with Crippen molar-refractivity contribution in [3.05, 3.63) is 94.5 Å². The van der Waals surface area contributed by atoms with Gasteiger partial charge < -0.3 is 15.5 Å². The SMILES string of the molecule is CS(=O)(=O)N(CC(=O)O)Cc1cccc(-c2ccc(CC(NC(=O)c3ccccc3Cl)C(=O)O)cc2)c1. The molecule has 0 aliphatic rings. The molecule has 3 rings (SSSR count). The lowest BCUT2D eigenvalue weighted by Crippen LogP contribution is -2.42. The van der Waals surface area contributed by atoms with E-state index in [9.17, 15) is 27.9 Å². The fourth-order valence-electron chi connectivity index (χ4n) is 3.64.